The van der Waals surface area contributed by atoms with Crippen molar-refractivity contribution < 1.29 is 9.59 Å². The average Bonchev–Trinajstić information content (AvgIpc) is 2.95. The Morgan fingerprint density at radius 2 is 2.08 bits per heavy atom. The van der Waals surface area contributed by atoms with E-state index in [0.717, 1.165) is 16.5 Å². The molecule has 1 aromatic carbocycles. The first-order valence-electron chi connectivity index (χ1n) is 8.02. The number of rotatable bonds is 5. The monoisotopic (exact) mass is 336 g/mol. The van der Waals surface area contributed by atoms with E-state index < -0.39 is 0 Å². The van der Waals surface area contributed by atoms with E-state index in [-0.39, 0.29) is 18.4 Å². The van der Waals surface area contributed by atoms with Crippen molar-refractivity contribution in [2.24, 2.45) is 7.05 Å². The van der Waals surface area contributed by atoms with E-state index in [0.29, 0.717) is 12.2 Å². The Labute approximate surface area is 146 Å². The van der Waals surface area contributed by atoms with Crippen LogP contribution >= 0.6 is 0 Å². The molecule has 6 nitrogen and oxygen atoms in total. The summed E-state index contributed by atoms with van der Waals surface area (Å²) in [5.74, 6) is -0.383. The van der Waals surface area contributed by atoms with Gasteiger partial charge in [-0.15, -0.1) is 0 Å². The second kappa shape index (κ2) is 7.17. The predicted octanol–water partition coefficient (Wildman–Crippen LogP) is 2.56. The summed E-state index contributed by atoms with van der Waals surface area (Å²) < 4.78 is 2.02. The normalized spacial score (nSPS) is 10.6. The van der Waals surface area contributed by atoms with Crippen molar-refractivity contribution in [3.63, 3.8) is 0 Å². The zero-order valence-corrected chi connectivity index (χ0v) is 14.3. The highest BCUT2D eigenvalue weighted by Gasteiger charge is 2.14. The number of carbonyl (C=O) groups excluding carboxylic acids is 2. The maximum absolute atomic E-state index is 12.3. The number of pyridine rings is 1. The van der Waals surface area contributed by atoms with Gasteiger partial charge in [0.1, 0.15) is 6.54 Å². The molecule has 0 radical (unpaired) electrons. The fraction of sp³-hybridized carbons (Fsp3) is 0.211. The van der Waals surface area contributed by atoms with Crippen LogP contribution < -0.4 is 5.32 Å². The van der Waals surface area contributed by atoms with Crippen LogP contribution in [0.25, 0.3) is 10.9 Å². The molecule has 0 atom stereocenters. The Bertz CT molecular complexity index is 902. The molecule has 0 fully saturated rings. The van der Waals surface area contributed by atoms with Crippen molar-refractivity contribution in [2.75, 3.05) is 11.9 Å². The first-order chi connectivity index (χ1) is 12.0. The number of nitrogens with zero attached hydrogens (tertiary/aromatic N) is 3. The highest BCUT2D eigenvalue weighted by Crippen LogP contribution is 2.19. The van der Waals surface area contributed by atoms with Crippen LogP contribution in [0.1, 0.15) is 12.5 Å². The van der Waals surface area contributed by atoms with E-state index in [9.17, 15) is 9.59 Å². The Morgan fingerprint density at radius 1 is 1.24 bits per heavy atom. The number of hydrogen-bond acceptors (Lipinski definition) is 3. The van der Waals surface area contributed by atoms with Crippen molar-refractivity contribution in [3.05, 3.63) is 60.6 Å². The Balaban J connectivity index is 1.67. The lowest BCUT2D eigenvalue weighted by Crippen LogP contribution is -2.36. The fourth-order valence-corrected chi connectivity index (χ4v) is 2.72. The Hall–Kier alpha value is -3.15. The van der Waals surface area contributed by atoms with E-state index in [1.165, 1.54) is 11.8 Å². The van der Waals surface area contributed by atoms with Gasteiger partial charge in [0.05, 0.1) is 0 Å². The second-order valence-corrected chi connectivity index (χ2v) is 5.98. The van der Waals surface area contributed by atoms with Crippen LogP contribution in [0.15, 0.2) is 55.0 Å². The largest absolute Gasteiger partial charge is 0.351 e. The zero-order valence-electron chi connectivity index (χ0n) is 14.3. The number of amides is 2. The van der Waals surface area contributed by atoms with Gasteiger partial charge in [-0.05, 0) is 35.9 Å². The van der Waals surface area contributed by atoms with Crippen LogP contribution in [-0.4, -0.2) is 32.8 Å². The molecule has 3 rings (SSSR count). The summed E-state index contributed by atoms with van der Waals surface area (Å²) in [7, 11) is 1.98. The summed E-state index contributed by atoms with van der Waals surface area (Å²) in [6.45, 7) is 1.81. The lowest BCUT2D eigenvalue weighted by molar-refractivity contribution is -0.133. The van der Waals surface area contributed by atoms with Gasteiger partial charge in [0.25, 0.3) is 0 Å². The summed E-state index contributed by atoms with van der Waals surface area (Å²) in [6, 6.07) is 11.4. The highest BCUT2D eigenvalue weighted by atomic mass is 16.2. The van der Waals surface area contributed by atoms with Crippen LogP contribution in [0.5, 0.6) is 0 Å². The van der Waals surface area contributed by atoms with Crippen LogP contribution in [0.4, 0.5) is 5.69 Å². The number of hydrogen-bond donors (Lipinski definition) is 1. The molecule has 3 aromatic rings. The molecule has 0 aliphatic carbocycles. The quantitative estimate of drug-likeness (QED) is 0.779. The van der Waals surface area contributed by atoms with Crippen molar-refractivity contribution in [1.82, 2.24) is 14.5 Å². The van der Waals surface area contributed by atoms with E-state index in [1.807, 2.05) is 54.2 Å². The number of carbonyl (C=O) groups is 2. The third-order valence-corrected chi connectivity index (χ3v) is 4.04. The molecule has 0 spiro atoms. The molecule has 2 amide bonds. The average molecular weight is 336 g/mol. The third-order valence-electron chi connectivity index (χ3n) is 4.04. The van der Waals surface area contributed by atoms with Gasteiger partial charge in [-0.1, -0.05) is 6.07 Å². The van der Waals surface area contributed by atoms with Gasteiger partial charge in [-0.2, -0.15) is 0 Å². The Morgan fingerprint density at radius 3 is 2.80 bits per heavy atom. The molecule has 0 saturated carbocycles. The lowest BCUT2D eigenvalue weighted by Gasteiger charge is -2.20. The summed E-state index contributed by atoms with van der Waals surface area (Å²) in [5.41, 5.74) is 2.70. The van der Waals surface area contributed by atoms with E-state index in [1.54, 1.807) is 12.4 Å². The molecule has 128 valence electrons. The molecule has 0 aliphatic rings. The smallest absolute Gasteiger partial charge is 0.244 e. The maximum Gasteiger partial charge on any atom is 0.244 e. The number of benzene rings is 1. The first kappa shape index (κ1) is 16.7. The van der Waals surface area contributed by atoms with Crippen molar-refractivity contribution in [3.8, 4) is 0 Å². The lowest BCUT2D eigenvalue weighted by atomic mass is 10.2. The maximum atomic E-state index is 12.3. The molecule has 0 aliphatic heterocycles. The topological polar surface area (TPSA) is 67.2 Å². The molecule has 1 N–H and O–H groups in total. The first-order valence-corrected chi connectivity index (χ1v) is 8.02. The summed E-state index contributed by atoms with van der Waals surface area (Å²) in [6.07, 6.45) is 5.34. The minimum atomic E-state index is -0.227. The zero-order chi connectivity index (χ0) is 17.8. The predicted molar refractivity (Wildman–Crippen MR) is 96.9 cm³/mol. The van der Waals surface area contributed by atoms with Crippen molar-refractivity contribution >= 4 is 28.4 Å². The van der Waals surface area contributed by atoms with E-state index in [2.05, 4.69) is 10.3 Å². The molecular formula is C19H20N4O2. The Kier molecular flexibility index (Phi) is 4.79. The number of aromatic nitrogens is 2. The molecule has 2 heterocycles. The number of fused-ring (bicyclic) bond motifs is 1. The van der Waals surface area contributed by atoms with Crippen LogP contribution in [0.3, 0.4) is 0 Å². The second-order valence-electron chi connectivity index (χ2n) is 5.98. The minimum absolute atomic E-state index is 0.00292. The highest BCUT2D eigenvalue weighted by molar-refractivity contribution is 5.96. The SMILES string of the molecule is CC(=O)N(CC(=O)Nc1ccc2c(ccn2C)c1)Cc1cccnc1. The van der Waals surface area contributed by atoms with Gasteiger partial charge in [-0.3, -0.25) is 14.6 Å². The summed E-state index contributed by atoms with van der Waals surface area (Å²) in [4.78, 5) is 29.7. The van der Waals surface area contributed by atoms with Gasteiger partial charge >= 0.3 is 0 Å². The number of anilines is 1. The molecule has 25 heavy (non-hydrogen) atoms. The molecule has 6 heteroatoms. The van der Waals surface area contributed by atoms with Gasteiger partial charge in [-0.25, -0.2) is 0 Å². The van der Waals surface area contributed by atoms with Crippen LogP contribution in [0, 0.1) is 0 Å². The summed E-state index contributed by atoms with van der Waals surface area (Å²) in [5, 5.41) is 3.91. The standard InChI is InChI=1S/C19H20N4O2/c1-14(24)23(12-15-4-3-8-20-11-15)13-19(25)21-17-5-6-18-16(10-17)7-9-22(18)2/h3-11H,12-13H2,1-2H3,(H,21,25). The number of nitrogens with one attached hydrogen (secondary N) is 1. The van der Waals surface area contributed by atoms with Gasteiger partial charge in [0.15, 0.2) is 0 Å². The van der Waals surface area contributed by atoms with E-state index >= 15 is 0 Å². The van der Waals surface area contributed by atoms with Crippen LogP contribution in [0.2, 0.25) is 0 Å². The molecular weight excluding hydrogens is 316 g/mol. The molecule has 0 unspecified atom stereocenters. The molecule has 0 saturated heterocycles. The number of aryl methyl sites for hydroxylation is 1. The van der Waals surface area contributed by atoms with Gasteiger partial charge in [0.2, 0.25) is 11.8 Å². The van der Waals surface area contributed by atoms with Gasteiger partial charge in [0, 0.05) is 55.7 Å². The molecule has 2 aromatic heterocycles. The third kappa shape index (κ3) is 4.03. The fourth-order valence-electron chi connectivity index (χ4n) is 2.72. The van der Waals surface area contributed by atoms with Crippen LogP contribution in [-0.2, 0) is 23.2 Å². The van der Waals surface area contributed by atoms with Crippen molar-refractivity contribution in [2.45, 2.75) is 13.5 Å². The van der Waals surface area contributed by atoms with Gasteiger partial charge < -0.3 is 14.8 Å². The summed E-state index contributed by atoms with van der Waals surface area (Å²) >= 11 is 0. The molecule has 0 bridgehead atoms. The van der Waals surface area contributed by atoms with Crippen molar-refractivity contribution in [1.29, 1.82) is 0 Å². The minimum Gasteiger partial charge on any atom is -0.351 e. The van der Waals surface area contributed by atoms with E-state index in [4.69, 9.17) is 0 Å².